The third kappa shape index (κ3) is 1.29. The predicted molar refractivity (Wildman–Crippen MR) is 47.7 cm³/mol. The zero-order valence-corrected chi connectivity index (χ0v) is 7.73. The molecule has 2 heterocycles. The van der Waals surface area contributed by atoms with Gasteiger partial charge in [-0.05, 0) is 12.2 Å². The lowest BCUT2D eigenvalue weighted by Gasteiger charge is -2.30. The summed E-state index contributed by atoms with van der Waals surface area (Å²) < 4.78 is 21.4. The van der Waals surface area contributed by atoms with E-state index in [4.69, 9.17) is 0 Å². The molecule has 0 N–H and O–H groups in total. The van der Waals surface area contributed by atoms with Crippen molar-refractivity contribution >= 4 is 21.6 Å². The molecule has 2 rings (SSSR count). The molecule has 0 atom stereocenters. The number of carbonyl (C=O) groups is 2. The summed E-state index contributed by atoms with van der Waals surface area (Å²) in [6.07, 6.45) is 4.52. The molecule has 0 fully saturated rings. The van der Waals surface area contributed by atoms with Gasteiger partial charge in [0.05, 0.1) is 10.8 Å². The molecule has 2 aliphatic heterocycles. The van der Waals surface area contributed by atoms with Crippen LogP contribution in [0.15, 0.2) is 35.1 Å². The van der Waals surface area contributed by atoms with Gasteiger partial charge in [-0.1, -0.05) is 0 Å². The lowest BCUT2D eigenvalue weighted by atomic mass is 10.5. The maximum absolute atomic E-state index is 12.1. The van der Waals surface area contributed by atoms with Gasteiger partial charge in [0.2, 0.25) is 9.63 Å². The Hall–Kier alpha value is -1.69. The summed E-state index contributed by atoms with van der Waals surface area (Å²) in [6, 6.07) is 0. The van der Waals surface area contributed by atoms with Gasteiger partial charge in [0.25, 0.3) is 0 Å². The number of hydrogen-bond donors (Lipinski definition) is 0. The zero-order chi connectivity index (χ0) is 10.3. The first-order chi connectivity index (χ1) is 6.50. The minimum absolute atomic E-state index is 0.871. The summed E-state index contributed by atoms with van der Waals surface area (Å²) in [6.45, 7) is 0. The van der Waals surface area contributed by atoms with Crippen LogP contribution in [0.2, 0.25) is 0 Å². The van der Waals surface area contributed by atoms with E-state index in [1.807, 2.05) is 0 Å². The van der Waals surface area contributed by atoms with Crippen molar-refractivity contribution in [1.82, 2.24) is 0 Å². The molecule has 0 amide bonds. The van der Waals surface area contributed by atoms with E-state index < -0.39 is 21.6 Å². The van der Waals surface area contributed by atoms with Crippen LogP contribution in [0.5, 0.6) is 0 Å². The van der Waals surface area contributed by atoms with Crippen molar-refractivity contribution in [2.75, 3.05) is 0 Å². The first-order valence-corrected chi connectivity index (χ1v) is 5.64. The SMILES string of the molecule is O=C1C=CC(=O)OS2(=O)(C=CC=C2)O1. The first-order valence-electron chi connectivity index (χ1n) is 3.70. The second-order valence-corrected chi connectivity index (χ2v) is 5.43. The van der Waals surface area contributed by atoms with E-state index in [9.17, 15) is 13.8 Å². The molecule has 0 saturated heterocycles. The quantitative estimate of drug-likeness (QED) is 0.581. The summed E-state index contributed by atoms with van der Waals surface area (Å²) >= 11 is 0. The second kappa shape index (κ2) is 2.42. The van der Waals surface area contributed by atoms with Crippen molar-refractivity contribution in [3.05, 3.63) is 35.1 Å². The molecular weight excluding hydrogens is 208 g/mol. The van der Waals surface area contributed by atoms with E-state index in [0.29, 0.717) is 0 Å². The predicted octanol–water partition coefficient (Wildman–Crippen LogP) is 0.334. The molecule has 0 aliphatic carbocycles. The van der Waals surface area contributed by atoms with E-state index >= 15 is 0 Å². The van der Waals surface area contributed by atoms with Crippen molar-refractivity contribution in [2.45, 2.75) is 0 Å². The fourth-order valence-electron chi connectivity index (χ4n) is 1.06. The Morgan fingerprint density at radius 3 is 1.79 bits per heavy atom. The normalized spacial score (nSPS) is 29.0. The van der Waals surface area contributed by atoms with Crippen LogP contribution in [0.3, 0.4) is 0 Å². The van der Waals surface area contributed by atoms with Crippen molar-refractivity contribution in [3.8, 4) is 0 Å². The Balaban J connectivity index is 2.53. The fraction of sp³-hybridized carbons (Fsp3) is 0. The molecule has 14 heavy (non-hydrogen) atoms. The zero-order valence-electron chi connectivity index (χ0n) is 6.91. The van der Waals surface area contributed by atoms with Crippen LogP contribution in [-0.2, 0) is 27.6 Å². The summed E-state index contributed by atoms with van der Waals surface area (Å²) in [4.78, 5) is 22.0. The first kappa shape index (κ1) is 8.89. The Labute approximate surface area is 79.5 Å². The number of allylic oxidation sites excluding steroid dienone is 2. The van der Waals surface area contributed by atoms with Crippen LogP contribution in [0.4, 0.5) is 0 Å². The van der Waals surface area contributed by atoms with E-state index in [2.05, 4.69) is 8.37 Å². The second-order valence-electron chi connectivity index (χ2n) is 2.71. The Morgan fingerprint density at radius 2 is 1.36 bits per heavy atom. The van der Waals surface area contributed by atoms with E-state index in [-0.39, 0.29) is 0 Å². The van der Waals surface area contributed by atoms with Crippen molar-refractivity contribution in [2.24, 2.45) is 0 Å². The molecule has 0 saturated carbocycles. The number of carbonyl (C=O) groups excluding carboxylic acids is 2. The maximum Gasteiger partial charge on any atom is 0.346 e. The van der Waals surface area contributed by atoms with Gasteiger partial charge in [-0.25, -0.2) is 9.59 Å². The highest BCUT2D eigenvalue weighted by atomic mass is 32.3. The highest BCUT2D eigenvalue weighted by Gasteiger charge is 2.41. The van der Waals surface area contributed by atoms with Gasteiger partial charge >= 0.3 is 11.9 Å². The summed E-state index contributed by atoms with van der Waals surface area (Å²) in [5.74, 6) is -1.74. The molecule has 74 valence electrons. The molecule has 0 aromatic carbocycles. The minimum Gasteiger partial charge on any atom is -0.350 e. The standard InChI is InChI=1S/C8H6O5S/c9-7-3-4-8(10)13-14(11,12-7)5-1-2-6-14/h1-6H. The lowest BCUT2D eigenvalue weighted by Crippen LogP contribution is -2.34. The number of rotatable bonds is 0. The Bertz CT molecular complexity index is 426. The molecule has 0 aromatic heterocycles. The molecule has 0 unspecified atom stereocenters. The van der Waals surface area contributed by atoms with E-state index in [1.165, 1.54) is 12.2 Å². The highest BCUT2D eigenvalue weighted by molar-refractivity contribution is 8.17. The average molecular weight is 214 g/mol. The van der Waals surface area contributed by atoms with Crippen LogP contribution in [0.25, 0.3) is 0 Å². The van der Waals surface area contributed by atoms with Crippen molar-refractivity contribution in [3.63, 3.8) is 0 Å². The minimum atomic E-state index is -4.28. The van der Waals surface area contributed by atoms with Crippen LogP contribution in [0, 0.1) is 0 Å². The van der Waals surface area contributed by atoms with Crippen molar-refractivity contribution < 1.29 is 22.2 Å². The summed E-state index contributed by atoms with van der Waals surface area (Å²) in [5.41, 5.74) is 0. The molecule has 0 radical (unpaired) electrons. The Morgan fingerprint density at radius 1 is 0.929 bits per heavy atom. The fourth-order valence-corrected chi connectivity index (χ4v) is 2.92. The molecule has 0 aromatic rings. The van der Waals surface area contributed by atoms with Gasteiger partial charge in [0, 0.05) is 12.2 Å². The largest absolute Gasteiger partial charge is 0.350 e. The van der Waals surface area contributed by atoms with Gasteiger partial charge in [-0.2, -0.15) is 4.21 Å². The van der Waals surface area contributed by atoms with E-state index in [0.717, 1.165) is 23.0 Å². The van der Waals surface area contributed by atoms with E-state index in [1.54, 1.807) is 0 Å². The molecule has 1 spiro atoms. The van der Waals surface area contributed by atoms with Crippen LogP contribution in [0.1, 0.15) is 0 Å². The monoisotopic (exact) mass is 214 g/mol. The summed E-state index contributed by atoms with van der Waals surface area (Å²) in [5, 5.41) is 2.14. The van der Waals surface area contributed by atoms with Crippen LogP contribution in [-0.4, -0.2) is 16.1 Å². The maximum atomic E-state index is 12.1. The number of hydrogen-bond acceptors (Lipinski definition) is 5. The van der Waals surface area contributed by atoms with Gasteiger partial charge in [-0.3, -0.25) is 0 Å². The molecule has 5 nitrogen and oxygen atoms in total. The van der Waals surface area contributed by atoms with Crippen molar-refractivity contribution in [1.29, 1.82) is 0 Å². The molecule has 2 aliphatic rings. The van der Waals surface area contributed by atoms with Gasteiger partial charge in [0.15, 0.2) is 0 Å². The van der Waals surface area contributed by atoms with Crippen LogP contribution >= 0.6 is 0 Å². The average Bonchev–Trinajstić information content (AvgIpc) is 2.39. The van der Waals surface area contributed by atoms with Gasteiger partial charge < -0.3 is 8.37 Å². The smallest absolute Gasteiger partial charge is 0.346 e. The van der Waals surface area contributed by atoms with Gasteiger partial charge in [-0.15, -0.1) is 0 Å². The molecule has 0 bridgehead atoms. The molecular formula is C8H6O5S. The molecule has 6 heteroatoms. The highest BCUT2D eigenvalue weighted by Crippen LogP contribution is 2.37. The lowest BCUT2D eigenvalue weighted by molar-refractivity contribution is -0.130. The van der Waals surface area contributed by atoms with Gasteiger partial charge in [0.1, 0.15) is 0 Å². The van der Waals surface area contributed by atoms with Crippen LogP contribution < -0.4 is 0 Å². The summed E-state index contributed by atoms with van der Waals surface area (Å²) in [7, 11) is -4.28. The third-order valence-corrected chi connectivity index (χ3v) is 3.89. The third-order valence-electron chi connectivity index (χ3n) is 1.61. The topological polar surface area (TPSA) is 69.7 Å². The Kier molecular flexibility index (Phi) is 1.53.